The van der Waals surface area contributed by atoms with Gasteiger partial charge in [-0.15, -0.1) is 0 Å². The zero-order valence-corrected chi connectivity index (χ0v) is 21.5. The molecule has 3 aromatic rings. The van der Waals surface area contributed by atoms with Gasteiger partial charge in [-0.2, -0.15) is 0 Å². The van der Waals surface area contributed by atoms with Gasteiger partial charge >= 0.3 is 11.8 Å². The van der Waals surface area contributed by atoms with Gasteiger partial charge in [-0.25, -0.2) is 9.78 Å². The van der Waals surface area contributed by atoms with E-state index in [1.54, 1.807) is 37.1 Å². The number of ether oxygens (including phenoxy) is 1. The van der Waals surface area contributed by atoms with Gasteiger partial charge < -0.3 is 25.0 Å². The second kappa shape index (κ2) is 11.3. The van der Waals surface area contributed by atoms with E-state index in [2.05, 4.69) is 15.3 Å². The molecule has 2 amide bonds. The van der Waals surface area contributed by atoms with Crippen molar-refractivity contribution >= 4 is 17.7 Å². The number of aromatic amines is 1. The van der Waals surface area contributed by atoms with Crippen LogP contribution in [-0.2, 0) is 4.79 Å². The summed E-state index contributed by atoms with van der Waals surface area (Å²) in [4.78, 5) is 45.1. The molecule has 0 bridgehead atoms. The Morgan fingerprint density at radius 1 is 1.21 bits per heavy atom. The van der Waals surface area contributed by atoms with E-state index in [1.807, 2.05) is 37.3 Å². The second-order valence-corrected chi connectivity index (χ2v) is 9.65. The summed E-state index contributed by atoms with van der Waals surface area (Å²) in [5, 5.41) is 23.2. The molecule has 0 saturated carbocycles. The van der Waals surface area contributed by atoms with Crippen LogP contribution in [0.2, 0.25) is 0 Å². The Kier molecular flexibility index (Phi) is 7.94. The molecule has 0 aliphatic carbocycles. The fourth-order valence-corrected chi connectivity index (χ4v) is 4.70. The number of likely N-dealkylation sites (tertiary alicyclic amines) is 1. The highest BCUT2D eigenvalue weighted by Gasteiger charge is 2.37. The fourth-order valence-electron chi connectivity index (χ4n) is 4.70. The molecule has 2 heterocycles. The Hall–Kier alpha value is -4.41. The molecule has 3 atom stereocenters. The summed E-state index contributed by atoms with van der Waals surface area (Å²) >= 11 is 0. The molecule has 200 valence electrons. The van der Waals surface area contributed by atoms with Crippen LogP contribution in [0.15, 0.2) is 54.7 Å². The number of H-pyrrole nitrogens is 1. The molecule has 0 radical (unpaired) electrons. The standard InChI is InChI=1S/C27H31N5O6/c1-16(2)24(30-27(34)35)26(33)31-13-7-10-22(31)25-28-15-20(29-25)19-11-12-21(32(36)37)23(14-19)38-17(3)18-8-5-4-6-9-18/h4-6,8-9,11-12,14-17,22,24,30H,7,10,13H2,1-3H3,(H,28,29)(H,34,35)/t17-,22-,24?/m0/s1. The third-order valence-corrected chi connectivity index (χ3v) is 6.70. The van der Waals surface area contributed by atoms with E-state index in [0.29, 0.717) is 30.0 Å². The predicted octanol–water partition coefficient (Wildman–Crippen LogP) is 5.08. The first kappa shape index (κ1) is 26.6. The summed E-state index contributed by atoms with van der Waals surface area (Å²) < 4.78 is 6.01. The van der Waals surface area contributed by atoms with Gasteiger partial charge in [-0.1, -0.05) is 44.2 Å². The van der Waals surface area contributed by atoms with E-state index in [1.165, 1.54) is 6.07 Å². The van der Waals surface area contributed by atoms with Gasteiger partial charge in [0.15, 0.2) is 5.75 Å². The zero-order valence-electron chi connectivity index (χ0n) is 21.5. The van der Waals surface area contributed by atoms with Gasteiger partial charge in [0.2, 0.25) is 5.91 Å². The topological polar surface area (TPSA) is 151 Å². The minimum absolute atomic E-state index is 0.136. The van der Waals surface area contributed by atoms with Crippen molar-refractivity contribution < 1.29 is 24.4 Å². The van der Waals surface area contributed by atoms with Gasteiger partial charge in [0.05, 0.1) is 22.9 Å². The first-order chi connectivity index (χ1) is 18.2. The number of amides is 2. The molecular weight excluding hydrogens is 490 g/mol. The normalized spacial score (nSPS) is 16.7. The SMILES string of the molecule is CC(C)C(NC(=O)O)C(=O)N1CCC[C@H]1c1ncc(-c2ccc([N+](=O)[O-])c(O[C@@H](C)c3ccccc3)c2)[nH]1. The maximum Gasteiger partial charge on any atom is 0.405 e. The first-order valence-corrected chi connectivity index (χ1v) is 12.5. The lowest BCUT2D eigenvalue weighted by atomic mass is 10.0. The number of carboxylic acid groups (broad SMARTS) is 1. The molecule has 1 aliphatic heterocycles. The number of benzene rings is 2. The number of carbonyl (C=O) groups is 2. The fraction of sp³-hybridized carbons (Fsp3) is 0.370. The average molecular weight is 522 g/mol. The lowest BCUT2D eigenvalue weighted by molar-refractivity contribution is -0.386. The third-order valence-electron chi connectivity index (χ3n) is 6.70. The summed E-state index contributed by atoms with van der Waals surface area (Å²) in [6.45, 7) is 5.91. The van der Waals surface area contributed by atoms with Crippen LogP contribution in [0.1, 0.15) is 57.1 Å². The maximum absolute atomic E-state index is 13.2. The number of rotatable bonds is 9. The van der Waals surface area contributed by atoms with Crippen LogP contribution >= 0.6 is 0 Å². The number of carbonyl (C=O) groups excluding carboxylic acids is 1. The summed E-state index contributed by atoms with van der Waals surface area (Å²) in [5.41, 5.74) is 2.01. The Morgan fingerprint density at radius 3 is 2.61 bits per heavy atom. The number of nitro groups is 1. The van der Waals surface area contributed by atoms with Crippen LogP contribution < -0.4 is 10.1 Å². The van der Waals surface area contributed by atoms with E-state index in [0.717, 1.165) is 12.0 Å². The van der Waals surface area contributed by atoms with Gasteiger partial charge in [-0.3, -0.25) is 14.9 Å². The van der Waals surface area contributed by atoms with Crippen LogP contribution in [-0.4, -0.2) is 49.5 Å². The molecule has 1 unspecified atom stereocenters. The lowest BCUT2D eigenvalue weighted by Gasteiger charge is -2.29. The number of nitrogens with one attached hydrogen (secondary N) is 2. The van der Waals surface area contributed by atoms with Gasteiger partial charge in [0.25, 0.3) is 0 Å². The number of nitro benzene ring substituents is 1. The van der Waals surface area contributed by atoms with Crippen molar-refractivity contribution in [3.05, 3.63) is 76.2 Å². The summed E-state index contributed by atoms with van der Waals surface area (Å²) in [5.74, 6) is 0.201. The van der Waals surface area contributed by atoms with Crippen LogP contribution in [0.3, 0.4) is 0 Å². The molecule has 1 saturated heterocycles. The van der Waals surface area contributed by atoms with Crippen molar-refractivity contribution in [2.24, 2.45) is 5.92 Å². The summed E-state index contributed by atoms with van der Waals surface area (Å²) in [6, 6.07) is 12.9. The Labute approximate surface area is 220 Å². The highest BCUT2D eigenvalue weighted by atomic mass is 16.6. The lowest BCUT2D eigenvalue weighted by Crippen LogP contribution is -2.50. The molecule has 38 heavy (non-hydrogen) atoms. The number of nitrogens with zero attached hydrogens (tertiary/aromatic N) is 3. The molecule has 11 nitrogen and oxygen atoms in total. The molecule has 2 aromatic carbocycles. The largest absolute Gasteiger partial charge is 0.479 e. The van der Waals surface area contributed by atoms with Crippen LogP contribution in [0.25, 0.3) is 11.3 Å². The number of hydrogen-bond donors (Lipinski definition) is 3. The van der Waals surface area contributed by atoms with Crippen molar-refractivity contribution in [1.82, 2.24) is 20.2 Å². The van der Waals surface area contributed by atoms with Crippen LogP contribution in [0, 0.1) is 16.0 Å². The first-order valence-electron chi connectivity index (χ1n) is 12.5. The van der Waals surface area contributed by atoms with Crippen molar-refractivity contribution in [1.29, 1.82) is 0 Å². The van der Waals surface area contributed by atoms with Gasteiger partial charge in [-0.05, 0) is 43.4 Å². The highest BCUT2D eigenvalue weighted by molar-refractivity contribution is 5.86. The van der Waals surface area contributed by atoms with Crippen LogP contribution in [0.4, 0.5) is 10.5 Å². The third kappa shape index (κ3) is 5.77. The highest BCUT2D eigenvalue weighted by Crippen LogP contribution is 2.36. The van der Waals surface area contributed by atoms with Crippen molar-refractivity contribution in [3.8, 4) is 17.0 Å². The molecule has 1 fully saturated rings. The average Bonchev–Trinajstić information content (AvgIpc) is 3.57. The van der Waals surface area contributed by atoms with Crippen molar-refractivity contribution in [3.63, 3.8) is 0 Å². The minimum Gasteiger partial charge on any atom is -0.479 e. The van der Waals surface area contributed by atoms with E-state index in [4.69, 9.17) is 4.74 Å². The molecule has 1 aliphatic rings. The Bertz CT molecular complexity index is 1310. The summed E-state index contributed by atoms with van der Waals surface area (Å²) in [6.07, 6.45) is 1.41. The molecular formula is C27H31N5O6. The molecule has 3 N–H and O–H groups in total. The van der Waals surface area contributed by atoms with Gasteiger partial charge in [0.1, 0.15) is 18.0 Å². The maximum atomic E-state index is 13.2. The van der Waals surface area contributed by atoms with Crippen molar-refractivity contribution in [2.45, 2.75) is 51.8 Å². The van der Waals surface area contributed by atoms with Crippen LogP contribution in [0.5, 0.6) is 5.75 Å². The smallest absolute Gasteiger partial charge is 0.405 e. The number of aromatic nitrogens is 2. The van der Waals surface area contributed by atoms with E-state index in [9.17, 15) is 24.8 Å². The minimum atomic E-state index is -1.24. The summed E-state index contributed by atoms with van der Waals surface area (Å²) in [7, 11) is 0. The molecule has 4 rings (SSSR count). The Balaban J connectivity index is 1.58. The van der Waals surface area contributed by atoms with Crippen molar-refractivity contribution in [2.75, 3.05) is 6.54 Å². The number of imidazole rings is 1. The Morgan fingerprint density at radius 2 is 1.95 bits per heavy atom. The van der Waals surface area contributed by atoms with Gasteiger partial charge in [0, 0.05) is 18.2 Å². The molecule has 1 aromatic heterocycles. The molecule has 0 spiro atoms. The molecule has 11 heteroatoms. The second-order valence-electron chi connectivity index (χ2n) is 9.65. The predicted molar refractivity (Wildman–Crippen MR) is 140 cm³/mol. The van der Waals surface area contributed by atoms with E-state index >= 15 is 0 Å². The quantitative estimate of drug-likeness (QED) is 0.262. The van der Waals surface area contributed by atoms with E-state index in [-0.39, 0.29) is 29.3 Å². The zero-order chi connectivity index (χ0) is 27.4. The van der Waals surface area contributed by atoms with E-state index < -0.39 is 23.2 Å². The monoisotopic (exact) mass is 521 g/mol. The number of hydrogen-bond acceptors (Lipinski definition) is 6.